The SMILES string of the molecule is O=C(NCc1cccnc1)c1cccc(C(=O)Nc2ccccc2)c1. The molecule has 0 radical (unpaired) electrons. The number of benzene rings is 2. The third-order valence-electron chi connectivity index (χ3n) is 3.59. The van der Waals surface area contributed by atoms with Gasteiger partial charge in [-0.3, -0.25) is 14.6 Å². The van der Waals surface area contributed by atoms with E-state index in [-0.39, 0.29) is 11.8 Å². The zero-order valence-corrected chi connectivity index (χ0v) is 13.5. The molecule has 0 fully saturated rings. The molecule has 2 N–H and O–H groups in total. The van der Waals surface area contributed by atoms with Crippen molar-refractivity contribution in [2.45, 2.75) is 6.54 Å². The van der Waals surface area contributed by atoms with E-state index in [4.69, 9.17) is 0 Å². The van der Waals surface area contributed by atoms with Crippen LogP contribution in [-0.2, 0) is 6.54 Å². The first-order valence-electron chi connectivity index (χ1n) is 7.86. The highest BCUT2D eigenvalue weighted by Crippen LogP contribution is 2.11. The first kappa shape index (κ1) is 16.4. The molecule has 0 bridgehead atoms. The molecule has 0 spiro atoms. The van der Waals surface area contributed by atoms with E-state index in [0.717, 1.165) is 5.56 Å². The predicted octanol–water partition coefficient (Wildman–Crippen LogP) is 3.26. The Balaban J connectivity index is 1.66. The van der Waals surface area contributed by atoms with Gasteiger partial charge in [-0.25, -0.2) is 0 Å². The van der Waals surface area contributed by atoms with E-state index in [0.29, 0.717) is 23.4 Å². The van der Waals surface area contributed by atoms with Crippen molar-refractivity contribution in [3.8, 4) is 0 Å². The Morgan fingerprint density at radius 3 is 2.32 bits per heavy atom. The average molecular weight is 331 g/mol. The summed E-state index contributed by atoms with van der Waals surface area (Å²) in [5, 5.41) is 5.62. The topological polar surface area (TPSA) is 71.1 Å². The summed E-state index contributed by atoms with van der Waals surface area (Å²) in [6, 6.07) is 19.5. The Morgan fingerprint density at radius 2 is 1.60 bits per heavy atom. The van der Waals surface area contributed by atoms with E-state index in [1.807, 2.05) is 42.5 Å². The summed E-state index contributed by atoms with van der Waals surface area (Å²) in [7, 11) is 0. The van der Waals surface area contributed by atoms with Crippen molar-refractivity contribution in [1.82, 2.24) is 10.3 Å². The lowest BCUT2D eigenvalue weighted by Crippen LogP contribution is -2.23. The first-order valence-corrected chi connectivity index (χ1v) is 7.86. The van der Waals surface area contributed by atoms with Crippen molar-refractivity contribution < 1.29 is 9.59 Å². The molecule has 0 saturated carbocycles. The highest BCUT2D eigenvalue weighted by atomic mass is 16.2. The molecule has 1 aromatic heterocycles. The first-order chi connectivity index (χ1) is 12.2. The van der Waals surface area contributed by atoms with Crippen LogP contribution >= 0.6 is 0 Å². The maximum atomic E-state index is 12.3. The normalized spacial score (nSPS) is 10.1. The molecule has 0 atom stereocenters. The molecule has 1 heterocycles. The molecule has 0 saturated heterocycles. The van der Waals surface area contributed by atoms with Crippen molar-refractivity contribution in [3.63, 3.8) is 0 Å². The van der Waals surface area contributed by atoms with Crippen LogP contribution in [0.4, 0.5) is 5.69 Å². The number of hydrogen-bond acceptors (Lipinski definition) is 3. The van der Waals surface area contributed by atoms with Gasteiger partial charge < -0.3 is 10.6 Å². The third kappa shape index (κ3) is 4.51. The molecule has 5 heteroatoms. The number of hydrogen-bond donors (Lipinski definition) is 2. The van der Waals surface area contributed by atoms with Crippen molar-refractivity contribution in [2.24, 2.45) is 0 Å². The second-order valence-electron chi connectivity index (χ2n) is 5.44. The number of amides is 2. The fourth-order valence-corrected chi connectivity index (χ4v) is 2.31. The zero-order valence-electron chi connectivity index (χ0n) is 13.5. The highest BCUT2D eigenvalue weighted by molar-refractivity contribution is 6.06. The van der Waals surface area contributed by atoms with E-state index in [2.05, 4.69) is 15.6 Å². The monoisotopic (exact) mass is 331 g/mol. The number of aromatic nitrogens is 1. The number of pyridine rings is 1. The van der Waals surface area contributed by atoms with Crippen LogP contribution in [0.2, 0.25) is 0 Å². The molecule has 3 aromatic rings. The van der Waals surface area contributed by atoms with Crippen LogP contribution in [0, 0.1) is 0 Å². The molecule has 0 unspecified atom stereocenters. The van der Waals surface area contributed by atoms with Gasteiger partial charge in [0.15, 0.2) is 0 Å². The molecule has 0 aliphatic heterocycles. The Morgan fingerprint density at radius 1 is 0.840 bits per heavy atom. The predicted molar refractivity (Wildman–Crippen MR) is 96.2 cm³/mol. The van der Waals surface area contributed by atoms with Crippen LogP contribution in [0.15, 0.2) is 79.1 Å². The van der Waals surface area contributed by atoms with Gasteiger partial charge in [0.1, 0.15) is 0 Å². The molecule has 2 aromatic carbocycles. The summed E-state index contributed by atoms with van der Waals surface area (Å²) < 4.78 is 0. The maximum Gasteiger partial charge on any atom is 0.255 e. The molecule has 124 valence electrons. The minimum absolute atomic E-state index is 0.238. The van der Waals surface area contributed by atoms with E-state index < -0.39 is 0 Å². The van der Waals surface area contributed by atoms with Crippen molar-refractivity contribution in [3.05, 3.63) is 95.8 Å². The molecular weight excluding hydrogens is 314 g/mol. The van der Waals surface area contributed by atoms with Gasteiger partial charge in [-0.05, 0) is 42.0 Å². The second kappa shape index (κ2) is 7.88. The number of nitrogens with one attached hydrogen (secondary N) is 2. The molecular formula is C20H17N3O2. The lowest BCUT2D eigenvalue weighted by molar-refractivity contribution is 0.0951. The van der Waals surface area contributed by atoms with E-state index in [1.165, 1.54) is 0 Å². The average Bonchev–Trinajstić information content (AvgIpc) is 2.68. The standard InChI is InChI=1S/C20H17N3O2/c24-19(22-14-15-6-5-11-21-13-15)16-7-4-8-17(12-16)20(25)23-18-9-2-1-3-10-18/h1-13H,14H2,(H,22,24)(H,23,25). The number of carbonyl (C=O) groups is 2. The Labute approximate surface area is 145 Å². The van der Waals surface area contributed by atoms with Crippen molar-refractivity contribution in [1.29, 1.82) is 0 Å². The summed E-state index contributed by atoms with van der Waals surface area (Å²) in [6.07, 6.45) is 3.38. The number of carbonyl (C=O) groups excluding carboxylic acids is 2. The minimum Gasteiger partial charge on any atom is -0.348 e. The molecule has 5 nitrogen and oxygen atoms in total. The third-order valence-corrected chi connectivity index (χ3v) is 3.59. The second-order valence-corrected chi connectivity index (χ2v) is 5.44. The van der Waals surface area contributed by atoms with Gasteiger partial charge in [-0.1, -0.05) is 30.3 Å². The summed E-state index contributed by atoms with van der Waals surface area (Å²) in [5.41, 5.74) is 2.48. The smallest absolute Gasteiger partial charge is 0.255 e. The fraction of sp³-hybridized carbons (Fsp3) is 0.0500. The Bertz CT molecular complexity index is 864. The zero-order chi connectivity index (χ0) is 17.5. The number of anilines is 1. The summed E-state index contributed by atoms with van der Waals surface area (Å²) in [4.78, 5) is 28.6. The van der Waals surface area contributed by atoms with Crippen LogP contribution in [0.1, 0.15) is 26.3 Å². The van der Waals surface area contributed by atoms with Crippen LogP contribution in [0.5, 0.6) is 0 Å². The van der Waals surface area contributed by atoms with E-state index in [1.54, 1.807) is 36.7 Å². The Kier molecular flexibility index (Phi) is 5.16. The Hall–Kier alpha value is -3.47. The quantitative estimate of drug-likeness (QED) is 0.754. The molecule has 0 aliphatic rings. The highest BCUT2D eigenvalue weighted by Gasteiger charge is 2.10. The number of nitrogens with zero attached hydrogens (tertiary/aromatic N) is 1. The van der Waals surface area contributed by atoms with E-state index in [9.17, 15) is 9.59 Å². The van der Waals surface area contributed by atoms with Gasteiger partial charge in [-0.15, -0.1) is 0 Å². The van der Waals surface area contributed by atoms with E-state index >= 15 is 0 Å². The molecule has 25 heavy (non-hydrogen) atoms. The summed E-state index contributed by atoms with van der Waals surface area (Å²) >= 11 is 0. The van der Waals surface area contributed by atoms with Gasteiger partial charge in [0.05, 0.1) is 0 Å². The minimum atomic E-state index is -0.256. The fourth-order valence-electron chi connectivity index (χ4n) is 2.31. The van der Waals surface area contributed by atoms with Gasteiger partial charge in [0.2, 0.25) is 0 Å². The van der Waals surface area contributed by atoms with Crippen molar-refractivity contribution >= 4 is 17.5 Å². The van der Waals surface area contributed by atoms with Gasteiger partial charge >= 0.3 is 0 Å². The van der Waals surface area contributed by atoms with Crippen LogP contribution < -0.4 is 10.6 Å². The van der Waals surface area contributed by atoms with Crippen molar-refractivity contribution in [2.75, 3.05) is 5.32 Å². The van der Waals surface area contributed by atoms with Gasteiger partial charge in [0, 0.05) is 35.8 Å². The van der Waals surface area contributed by atoms with Crippen LogP contribution in [0.25, 0.3) is 0 Å². The van der Waals surface area contributed by atoms with Crippen LogP contribution in [0.3, 0.4) is 0 Å². The molecule has 2 amide bonds. The van der Waals surface area contributed by atoms with Gasteiger partial charge in [0.25, 0.3) is 11.8 Å². The number of para-hydroxylation sites is 1. The largest absolute Gasteiger partial charge is 0.348 e. The van der Waals surface area contributed by atoms with Crippen LogP contribution in [-0.4, -0.2) is 16.8 Å². The number of rotatable bonds is 5. The summed E-state index contributed by atoms with van der Waals surface area (Å²) in [5.74, 6) is -0.494. The van der Waals surface area contributed by atoms with Gasteiger partial charge in [-0.2, -0.15) is 0 Å². The lowest BCUT2D eigenvalue weighted by Gasteiger charge is -2.08. The molecule has 0 aliphatic carbocycles. The maximum absolute atomic E-state index is 12.3. The summed E-state index contributed by atoms with van der Waals surface area (Å²) in [6.45, 7) is 0.382. The molecule has 3 rings (SSSR count). The lowest BCUT2D eigenvalue weighted by atomic mass is 10.1.